The highest BCUT2D eigenvalue weighted by Crippen LogP contribution is 2.32. The zero-order valence-corrected chi connectivity index (χ0v) is 18.4. The lowest BCUT2D eigenvalue weighted by atomic mass is 10.2. The molecule has 1 aliphatic rings. The van der Waals surface area contributed by atoms with E-state index in [0.29, 0.717) is 26.1 Å². The maximum atomic E-state index is 12.3. The average Bonchev–Trinajstić information content (AvgIpc) is 3.52. The molecule has 5 rings (SSSR count). The molecule has 3 heterocycles. The second kappa shape index (κ2) is 8.85. The third-order valence-electron chi connectivity index (χ3n) is 4.42. The fraction of sp³-hybridized carbons (Fsp3) is 0.0455. The van der Waals surface area contributed by atoms with E-state index < -0.39 is 0 Å². The predicted octanol–water partition coefficient (Wildman–Crippen LogP) is 4.61. The lowest BCUT2D eigenvalue weighted by Gasteiger charge is -2.01. The topological polar surface area (TPSA) is 98.2 Å². The number of aromatic nitrogens is 4. The van der Waals surface area contributed by atoms with Crippen molar-refractivity contribution in [1.29, 1.82) is 0 Å². The lowest BCUT2D eigenvalue weighted by molar-refractivity contribution is -0.115. The highest BCUT2D eigenvalue weighted by Gasteiger charge is 2.24. The van der Waals surface area contributed by atoms with Gasteiger partial charge in [-0.2, -0.15) is 4.68 Å². The number of aliphatic imine (C=N–C) groups is 1. The van der Waals surface area contributed by atoms with Gasteiger partial charge in [0.05, 0.1) is 16.3 Å². The van der Waals surface area contributed by atoms with Crippen LogP contribution in [0.25, 0.3) is 11.8 Å². The normalized spacial score (nSPS) is 16.1. The van der Waals surface area contributed by atoms with E-state index in [-0.39, 0.29) is 5.91 Å². The van der Waals surface area contributed by atoms with Crippen LogP contribution in [0.3, 0.4) is 0 Å². The summed E-state index contributed by atoms with van der Waals surface area (Å²) in [5.41, 5.74) is 2.79. The van der Waals surface area contributed by atoms with Crippen molar-refractivity contribution in [3.63, 3.8) is 0 Å². The first-order valence-corrected chi connectivity index (χ1v) is 11.2. The van der Waals surface area contributed by atoms with Gasteiger partial charge in [-0.05, 0) is 77.3 Å². The largest absolute Gasteiger partial charge is 0.450 e. The van der Waals surface area contributed by atoms with Crippen LogP contribution in [0, 0.1) is 6.92 Å². The summed E-state index contributed by atoms with van der Waals surface area (Å²) in [7, 11) is 0. The van der Waals surface area contributed by atoms with Gasteiger partial charge in [-0.1, -0.05) is 35.9 Å². The minimum Gasteiger partial charge on any atom is -0.450 e. The standard InChI is InChI=1S/C22H16N6O2S2/c1-14-7-9-15(10-8-14)23-21-24-20(29)18(31-21)13-17-11-12-19(30-17)32-22-25-26-27-28(22)16-5-3-2-4-6-16/h2-13H,1H3,(H,23,24,29)/b18-13-. The molecule has 2 aromatic heterocycles. The van der Waals surface area contributed by atoms with Gasteiger partial charge in [-0.15, -0.1) is 5.10 Å². The van der Waals surface area contributed by atoms with Crippen LogP contribution in [-0.4, -0.2) is 31.3 Å². The molecule has 1 amide bonds. The van der Waals surface area contributed by atoms with Crippen LogP contribution in [0.15, 0.2) is 91.3 Å². The molecule has 0 spiro atoms. The summed E-state index contributed by atoms with van der Waals surface area (Å²) in [5, 5.41) is 16.4. The maximum Gasteiger partial charge on any atom is 0.264 e. The Morgan fingerprint density at radius 2 is 1.91 bits per heavy atom. The summed E-state index contributed by atoms with van der Waals surface area (Å²) in [6.07, 6.45) is 1.70. The van der Waals surface area contributed by atoms with E-state index in [4.69, 9.17) is 4.42 Å². The quantitative estimate of drug-likeness (QED) is 0.434. The average molecular weight is 461 g/mol. The van der Waals surface area contributed by atoms with Crippen molar-refractivity contribution >= 4 is 46.4 Å². The van der Waals surface area contributed by atoms with Crippen LogP contribution in [0.5, 0.6) is 0 Å². The Kier molecular flexibility index (Phi) is 5.61. The van der Waals surface area contributed by atoms with Crippen molar-refractivity contribution in [1.82, 2.24) is 25.5 Å². The van der Waals surface area contributed by atoms with Crippen molar-refractivity contribution in [2.45, 2.75) is 17.2 Å². The number of hydrogen-bond acceptors (Lipinski definition) is 8. The first kappa shape index (κ1) is 20.3. The number of benzene rings is 2. The third kappa shape index (κ3) is 4.51. The minimum atomic E-state index is -0.209. The Labute approximate surface area is 191 Å². The molecule has 32 heavy (non-hydrogen) atoms. The second-order valence-corrected chi connectivity index (χ2v) is 8.79. The molecule has 10 heteroatoms. The minimum absolute atomic E-state index is 0.209. The van der Waals surface area contributed by atoms with Gasteiger partial charge in [0.15, 0.2) is 10.3 Å². The highest BCUT2D eigenvalue weighted by molar-refractivity contribution is 8.18. The molecular formula is C22H16N6O2S2. The molecule has 0 unspecified atom stereocenters. The van der Waals surface area contributed by atoms with Gasteiger partial charge in [-0.25, -0.2) is 4.99 Å². The maximum absolute atomic E-state index is 12.3. The number of amides is 1. The number of nitrogens with one attached hydrogen (secondary N) is 1. The molecule has 8 nitrogen and oxygen atoms in total. The van der Waals surface area contributed by atoms with Gasteiger partial charge in [0.25, 0.3) is 5.91 Å². The first-order valence-electron chi connectivity index (χ1n) is 9.62. The molecule has 2 aromatic carbocycles. The molecule has 158 valence electrons. The monoisotopic (exact) mass is 460 g/mol. The van der Waals surface area contributed by atoms with Crippen LogP contribution in [0.2, 0.25) is 0 Å². The zero-order chi connectivity index (χ0) is 21.9. The summed E-state index contributed by atoms with van der Waals surface area (Å²) < 4.78 is 7.51. The molecule has 1 fully saturated rings. The fourth-order valence-electron chi connectivity index (χ4n) is 2.88. The van der Waals surface area contributed by atoms with Gasteiger partial charge in [0.1, 0.15) is 5.76 Å². The molecule has 0 atom stereocenters. The Morgan fingerprint density at radius 3 is 2.72 bits per heavy atom. The van der Waals surface area contributed by atoms with Crippen LogP contribution in [0.4, 0.5) is 5.69 Å². The Bertz CT molecular complexity index is 1330. The van der Waals surface area contributed by atoms with Gasteiger partial charge in [-0.3, -0.25) is 4.79 Å². The summed E-state index contributed by atoms with van der Waals surface area (Å²) in [4.78, 5) is 17.3. The van der Waals surface area contributed by atoms with Crippen LogP contribution in [-0.2, 0) is 4.79 Å². The molecule has 0 aliphatic carbocycles. The fourth-order valence-corrected chi connectivity index (χ4v) is 4.46. The molecule has 4 aromatic rings. The van der Waals surface area contributed by atoms with E-state index in [2.05, 4.69) is 25.8 Å². The van der Waals surface area contributed by atoms with E-state index in [1.54, 1.807) is 16.8 Å². The number of amidine groups is 1. The molecule has 1 N–H and O–H groups in total. The Morgan fingerprint density at radius 1 is 1.09 bits per heavy atom. The number of rotatable bonds is 5. The van der Waals surface area contributed by atoms with E-state index in [1.807, 2.05) is 67.6 Å². The van der Waals surface area contributed by atoms with E-state index in [9.17, 15) is 4.79 Å². The Balaban J connectivity index is 1.31. The zero-order valence-electron chi connectivity index (χ0n) is 16.8. The van der Waals surface area contributed by atoms with Crippen molar-refractivity contribution < 1.29 is 9.21 Å². The lowest BCUT2D eigenvalue weighted by Crippen LogP contribution is -2.19. The third-order valence-corrected chi connectivity index (χ3v) is 6.19. The van der Waals surface area contributed by atoms with Gasteiger partial charge in [0.2, 0.25) is 5.16 Å². The number of aryl methyl sites for hydroxylation is 1. The van der Waals surface area contributed by atoms with Gasteiger partial charge < -0.3 is 9.73 Å². The van der Waals surface area contributed by atoms with Crippen molar-refractivity contribution in [2.24, 2.45) is 4.99 Å². The van der Waals surface area contributed by atoms with Crippen LogP contribution < -0.4 is 5.32 Å². The number of nitrogens with zero attached hydrogens (tertiary/aromatic N) is 5. The molecule has 1 aliphatic heterocycles. The summed E-state index contributed by atoms with van der Waals surface area (Å²) in [6.45, 7) is 2.02. The van der Waals surface area contributed by atoms with E-state index >= 15 is 0 Å². The number of carbonyl (C=O) groups excluding carboxylic acids is 1. The molecule has 0 saturated carbocycles. The number of tetrazole rings is 1. The van der Waals surface area contributed by atoms with Crippen LogP contribution >= 0.6 is 23.5 Å². The summed E-state index contributed by atoms with van der Waals surface area (Å²) >= 11 is 2.57. The number of para-hydroxylation sites is 1. The van der Waals surface area contributed by atoms with Gasteiger partial charge in [0, 0.05) is 6.08 Å². The predicted molar refractivity (Wildman–Crippen MR) is 124 cm³/mol. The molecule has 0 bridgehead atoms. The van der Waals surface area contributed by atoms with Crippen molar-refractivity contribution in [2.75, 3.05) is 0 Å². The number of carbonyl (C=O) groups is 1. The van der Waals surface area contributed by atoms with Gasteiger partial charge >= 0.3 is 0 Å². The number of thioether (sulfide) groups is 1. The first-order chi connectivity index (χ1) is 15.6. The summed E-state index contributed by atoms with van der Waals surface area (Å²) in [6, 6.07) is 21.0. The van der Waals surface area contributed by atoms with Crippen LogP contribution in [0.1, 0.15) is 11.3 Å². The number of hydrogen-bond donors (Lipinski definition) is 1. The SMILES string of the molecule is Cc1ccc(N=C2NC(=O)/C(=C/c3ccc(Sc4nnnn4-c4ccccc4)o3)S2)cc1. The molecule has 0 radical (unpaired) electrons. The smallest absolute Gasteiger partial charge is 0.264 e. The highest BCUT2D eigenvalue weighted by atomic mass is 32.2. The second-order valence-electron chi connectivity index (χ2n) is 6.78. The molecular weight excluding hydrogens is 444 g/mol. The molecule has 1 saturated heterocycles. The van der Waals surface area contributed by atoms with E-state index in [1.165, 1.54) is 23.5 Å². The van der Waals surface area contributed by atoms with Crippen molar-refractivity contribution in [3.05, 3.63) is 83.0 Å². The van der Waals surface area contributed by atoms with Crippen molar-refractivity contribution in [3.8, 4) is 5.69 Å². The summed E-state index contributed by atoms with van der Waals surface area (Å²) in [5.74, 6) is 0.347. The van der Waals surface area contributed by atoms with E-state index in [0.717, 1.165) is 16.9 Å². The Hall–Kier alpha value is -3.63. The number of furan rings is 1.